The summed E-state index contributed by atoms with van der Waals surface area (Å²) in [5, 5.41) is 3.92. The van der Waals surface area contributed by atoms with Crippen LogP contribution in [0, 0.1) is 0 Å². The third-order valence-electron chi connectivity index (χ3n) is 6.81. The van der Waals surface area contributed by atoms with Crippen molar-refractivity contribution >= 4 is 62.3 Å². The number of anilines is 1. The lowest BCUT2D eigenvalue weighted by atomic mass is 10.0. The molecule has 0 saturated carbocycles. The van der Waals surface area contributed by atoms with Crippen molar-refractivity contribution in [1.29, 1.82) is 0 Å². The highest BCUT2D eigenvalue weighted by atomic mass is 35.5. The fourth-order valence-corrected chi connectivity index (χ4v) is 6.65. The highest BCUT2D eigenvalue weighted by molar-refractivity contribution is 7.92. The van der Waals surface area contributed by atoms with E-state index in [1.54, 1.807) is 54.6 Å². The zero-order chi connectivity index (χ0) is 32.8. The number of rotatable bonds is 11. The Bertz CT molecular complexity index is 1750. The average molecular weight is 687 g/mol. The van der Waals surface area contributed by atoms with Crippen LogP contribution in [0.1, 0.15) is 31.9 Å². The van der Waals surface area contributed by atoms with Crippen molar-refractivity contribution in [3.05, 3.63) is 129 Å². The van der Waals surface area contributed by atoms with E-state index in [9.17, 15) is 18.0 Å². The summed E-state index contributed by atoms with van der Waals surface area (Å²) >= 11 is 18.8. The zero-order valence-corrected chi connectivity index (χ0v) is 28.2. The molecule has 0 heterocycles. The summed E-state index contributed by atoms with van der Waals surface area (Å²) in [4.78, 5) is 29.8. The van der Waals surface area contributed by atoms with Gasteiger partial charge in [-0.25, -0.2) is 8.42 Å². The van der Waals surface area contributed by atoms with Gasteiger partial charge in [0.2, 0.25) is 11.8 Å². The number of hydrogen-bond donors (Lipinski definition) is 1. The lowest BCUT2D eigenvalue weighted by molar-refractivity contribution is -0.140. The molecule has 0 fully saturated rings. The molecule has 0 bridgehead atoms. The molecule has 11 heteroatoms. The van der Waals surface area contributed by atoms with Gasteiger partial charge < -0.3 is 10.2 Å². The molecule has 4 aromatic rings. The Morgan fingerprint density at radius 1 is 0.778 bits per heavy atom. The van der Waals surface area contributed by atoms with E-state index in [0.29, 0.717) is 15.6 Å². The number of nitrogens with zero attached hydrogens (tertiary/aromatic N) is 2. The molecule has 2 amide bonds. The molecule has 4 aromatic carbocycles. The van der Waals surface area contributed by atoms with E-state index in [2.05, 4.69) is 5.32 Å². The number of halogens is 3. The quantitative estimate of drug-likeness (QED) is 0.178. The lowest BCUT2D eigenvalue weighted by Gasteiger charge is -2.35. The first kappa shape index (κ1) is 34.3. The van der Waals surface area contributed by atoms with Gasteiger partial charge in [0.15, 0.2) is 0 Å². The zero-order valence-electron chi connectivity index (χ0n) is 25.1. The van der Waals surface area contributed by atoms with Gasteiger partial charge in [-0.1, -0.05) is 95.5 Å². The molecule has 0 aliphatic heterocycles. The van der Waals surface area contributed by atoms with E-state index >= 15 is 0 Å². The van der Waals surface area contributed by atoms with Crippen molar-refractivity contribution < 1.29 is 18.0 Å². The topological polar surface area (TPSA) is 86.8 Å². The molecule has 1 N–H and O–H groups in total. The summed E-state index contributed by atoms with van der Waals surface area (Å²) in [5.41, 5.74) is 1.03. The van der Waals surface area contributed by atoms with Crippen LogP contribution in [-0.2, 0) is 32.6 Å². The maximum Gasteiger partial charge on any atom is 0.264 e. The SMILES string of the molecule is CC(C)(C)NC(=O)[C@@H](Cc1ccccc1)N(Cc1ccc(Cl)c(Cl)c1)C(=O)CN(c1cccc(Cl)c1)S(=O)(=O)c1ccccc1. The molecule has 1 atom stereocenters. The highest BCUT2D eigenvalue weighted by Gasteiger charge is 2.35. The smallest absolute Gasteiger partial charge is 0.264 e. The summed E-state index contributed by atoms with van der Waals surface area (Å²) in [7, 11) is -4.23. The second-order valence-corrected chi connectivity index (χ2v) is 14.6. The van der Waals surface area contributed by atoms with E-state index in [1.807, 2.05) is 51.1 Å². The number of hydrogen-bond acceptors (Lipinski definition) is 4. The van der Waals surface area contributed by atoms with Crippen LogP contribution in [0.25, 0.3) is 0 Å². The van der Waals surface area contributed by atoms with E-state index < -0.39 is 34.1 Å². The normalized spacial score (nSPS) is 12.3. The van der Waals surface area contributed by atoms with E-state index in [1.165, 1.54) is 23.1 Å². The number of carbonyl (C=O) groups is 2. The second kappa shape index (κ2) is 14.7. The van der Waals surface area contributed by atoms with Crippen LogP contribution in [0.3, 0.4) is 0 Å². The first-order valence-electron chi connectivity index (χ1n) is 14.2. The van der Waals surface area contributed by atoms with Gasteiger partial charge >= 0.3 is 0 Å². The van der Waals surface area contributed by atoms with Crippen LogP contribution in [-0.4, -0.2) is 43.3 Å². The summed E-state index contributed by atoms with van der Waals surface area (Å²) < 4.78 is 29.1. The van der Waals surface area contributed by atoms with Gasteiger partial charge in [0.05, 0.1) is 20.6 Å². The minimum Gasteiger partial charge on any atom is -0.350 e. The van der Waals surface area contributed by atoms with E-state index in [-0.39, 0.29) is 34.5 Å². The molecular formula is C34H34Cl3N3O4S. The molecule has 0 radical (unpaired) electrons. The van der Waals surface area contributed by atoms with Gasteiger partial charge in [-0.15, -0.1) is 0 Å². The van der Waals surface area contributed by atoms with E-state index in [0.717, 1.165) is 9.87 Å². The summed E-state index contributed by atoms with van der Waals surface area (Å²) in [6, 6.07) is 27.4. The second-order valence-electron chi connectivity index (χ2n) is 11.5. The van der Waals surface area contributed by atoms with Gasteiger partial charge in [-0.3, -0.25) is 13.9 Å². The summed E-state index contributed by atoms with van der Waals surface area (Å²) in [6.07, 6.45) is 0.179. The van der Waals surface area contributed by atoms with Gasteiger partial charge in [-0.05, 0) is 74.4 Å². The van der Waals surface area contributed by atoms with Gasteiger partial charge in [0.25, 0.3) is 10.0 Å². The van der Waals surface area contributed by atoms with Crippen LogP contribution in [0.2, 0.25) is 15.1 Å². The third kappa shape index (κ3) is 9.23. The standard InChI is InChI=1S/C34H34Cl3N3O4S/c1-34(2,3)38-33(42)31(20-24-11-6-4-7-12-24)39(22-25-17-18-29(36)30(37)19-25)32(41)23-40(27-14-10-13-26(35)21-27)45(43,44)28-15-8-5-9-16-28/h4-19,21,31H,20,22-23H2,1-3H3,(H,38,42)/t31-/m1/s1. The number of benzene rings is 4. The largest absolute Gasteiger partial charge is 0.350 e. The minimum atomic E-state index is -4.23. The molecule has 45 heavy (non-hydrogen) atoms. The fraction of sp³-hybridized carbons (Fsp3) is 0.235. The maximum atomic E-state index is 14.5. The van der Waals surface area contributed by atoms with Gasteiger partial charge in [-0.2, -0.15) is 0 Å². The Labute approximate surface area is 279 Å². The Morgan fingerprint density at radius 3 is 2.02 bits per heavy atom. The van der Waals surface area contributed by atoms with Crippen LogP contribution in [0.4, 0.5) is 5.69 Å². The molecule has 7 nitrogen and oxygen atoms in total. The third-order valence-corrected chi connectivity index (χ3v) is 9.57. The van der Waals surface area contributed by atoms with Crippen molar-refractivity contribution in [2.45, 2.75) is 50.2 Å². The Morgan fingerprint density at radius 2 is 1.42 bits per heavy atom. The maximum absolute atomic E-state index is 14.5. The predicted molar refractivity (Wildman–Crippen MR) is 181 cm³/mol. The molecular weight excluding hydrogens is 653 g/mol. The van der Waals surface area contributed by atoms with Gasteiger partial charge in [0, 0.05) is 23.5 Å². The molecule has 0 spiro atoms. The molecule has 0 aromatic heterocycles. The molecule has 4 rings (SSSR count). The fourth-order valence-electron chi connectivity index (χ4n) is 4.72. The first-order chi connectivity index (χ1) is 21.2. The highest BCUT2D eigenvalue weighted by Crippen LogP contribution is 2.28. The van der Waals surface area contributed by atoms with Gasteiger partial charge in [0.1, 0.15) is 12.6 Å². The summed E-state index contributed by atoms with van der Waals surface area (Å²) in [5.74, 6) is -0.995. The molecule has 236 valence electrons. The van der Waals surface area contributed by atoms with E-state index in [4.69, 9.17) is 34.8 Å². The van der Waals surface area contributed by atoms with Crippen molar-refractivity contribution in [3.8, 4) is 0 Å². The Balaban J connectivity index is 1.83. The molecule has 0 aliphatic carbocycles. The van der Waals surface area contributed by atoms with Crippen molar-refractivity contribution in [1.82, 2.24) is 10.2 Å². The van der Waals surface area contributed by atoms with Crippen molar-refractivity contribution in [3.63, 3.8) is 0 Å². The Kier molecular flexibility index (Phi) is 11.2. The number of sulfonamides is 1. The number of carbonyl (C=O) groups excluding carboxylic acids is 2. The molecule has 0 saturated heterocycles. The Hall–Kier alpha value is -3.56. The van der Waals surface area contributed by atoms with Crippen LogP contribution in [0.15, 0.2) is 108 Å². The van der Waals surface area contributed by atoms with Crippen LogP contribution >= 0.6 is 34.8 Å². The minimum absolute atomic E-state index is 0.000111. The molecule has 0 aliphatic rings. The van der Waals surface area contributed by atoms with Crippen LogP contribution in [0.5, 0.6) is 0 Å². The monoisotopic (exact) mass is 685 g/mol. The lowest BCUT2D eigenvalue weighted by Crippen LogP contribution is -2.56. The first-order valence-corrected chi connectivity index (χ1v) is 16.7. The van der Waals surface area contributed by atoms with Crippen molar-refractivity contribution in [2.75, 3.05) is 10.8 Å². The number of nitrogens with one attached hydrogen (secondary N) is 1. The van der Waals surface area contributed by atoms with Crippen LogP contribution < -0.4 is 9.62 Å². The molecule has 0 unspecified atom stereocenters. The van der Waals surface area contributed by atoms with Crippen molar-refractivity contribution in [2.24, 2.45) is 0 Å². The number of amides is 2. The average Bonchev–Trinajstić information content (AvgIpc) is 2.99. The summed E-state index contributed by atoms with van der Waals surface area (Å²) in [6.45, 7) is 4.90. The predicted octanol–water partition coefficient (Wildman–Crippen LogP) is 7.40.